The summed E-state index contributed by atoms with van der Waals surface area (Å²) >= 11 is 0. The molecule has 2 aromatic rings. The molecule has 1 aliphatic rings. The van der Waals surface area contributed by atoms with Crippen LogP contribution in [0.25, 0.3) is 5.57 Å². The number of hydrogen-bond acceptors (Lipinski definition) is 6. The molecular weight excluding hydrogens is 525 g/mol. The van der Waals surface area contributed by atoms with Crippen LogP contribution in [0.3, 0.4) is 0 Å². The van der Waals surface area contributed by atoms with E-state index in [2.05, 4.69) is 6.58 Å². The summed E-state index contributed by atoms with van der Waals surface area (Å²) in [5.74, 6) is -1.82. The number of ketones is 1. The molecule has 0 saturated carbocycles. The van der Waals surface area contributed by atoms with Gasteiger partial charge in [0.05, 0.1) is 12.2 Å². The minimum Gasteiger partial charge on any atom is -0.462 e. The highest BCUT2D eigenvalue weighted by atomic mass is 19.4. The van der Waals surface area contributed by atoms with Gasteiger partial charge in [-0.15, -0.1) is 6.58 Å². The predicted molar refractivity (Wildman–Crippen MR) is 144 cm³/mol. The first kappa shape index (κ1) is 30.6. The lowest BCUT2D eigenvalue weighted by Gasteiger charge is -2.20. The summed E-state index contributed by atoms with van der Waals surface area (Å²) in [4.78, 5) is 37.9. The molecule has 0 amide bonds. The quantitative estimate of drug-likeness (QED) is 0.114. The molecule has 2 aromatic carbocycles. The van der Waals surface area contributed by atoms with Crippen molar-refractivity contribution < 1.29 is 41.8 Å². The number of carbonyl (C=O) groups excluding carboxylic acids is 3. The lowest BCUT2D eigenvalue weighted by atomic mass is 9.90. The van der Waals surface area contributed by atoms with E-state index in [1.54, 1.807) is 30.4 Å². The summed E-state index contributed by atoms with van der Waals surface area (Å²) in [6, 6.07) is 12.1. The summed E-state index contributed by atoms with van der Waals surface area (Å²) in [7, 11) is 0. The van der Waals surface area contributed by atoms with E-state index >= 15 is 0 Å². The number of halogens is 3. The lowest BCUT2D eigenvalue weighted by molar-refractivity contribution is -0.224. The van der Waals surface area contributed by atoms with E-state index in [4.69, 9.17) is 14.2 Å². The Morgan fingerprint density at radius 2 is 1.75 bits per heavy atom. The highest BCUT2D eigenvalue weighted by Crippen LogP contribution is 2.28. The molecule has 0 N–H and O–H groups in total. The fourth-order valence-corrected chi connectivity index (χ4v) is 3.95. The maximum absolute atomic E-state index is 13.2. The van der Waals surface area contributed by atoms with Crippen LogP contribution in [0.15, 0.2) is 78.9 Å². The minimum absolute atomic E-state index is 0.0313. The fraction of sp³-hybridized carbons (Fsp3) is 0.323. The molecule has 0 bridgehead atoms. The molecule has 40 heavy (non-hydrogen) atoms. The number of Topliss-reactive ketones (excluding diaryl/α,β-unsaturated/α-hetero) is 1. The van der Waals surface area contributed by atoms with Gasteiger partial charge in [-0.1, -0.05) is 61.4 Å². The van der Waals surface area contributed by atoms with E-state index in [1.807, 2.05) is 13.0 Å². The molecule has 0 heterocycles. The van der Waals surface area contributed by atoms with Crippen LogP contribution < -0.4 is 4.74 Å². The first-order chi connectivity index (χ1) is 19.1. The second kappa shape index (κ2) is 14.4. The predicted octanol–water partition coefficient (Wildman–Crippen LogP) is 7.06. The molecule has 6 nitrogen and oxygen atoms in total. The number of esters is 2. The highest BCUT2D eigenvalue weighted by Gasteiger charge is 2.40. The second-order valence-electron chi connectivity index (χ2n) is 9.14. The highest BCUT2D eigenvalue weighted by molar-refractivity contribution is 6.22. The average molecular weight is 557 g/mol. The van der Waals surface area contributed by atoms with Crippen molar-refractivity contribution in [3.05, 3.63) is 95.6 Å². The number of benzene rings is 2. The van der Waals surface area contributed by atoms with Crippen LogP contribution in [0, 0.1) is 0 Å². The smallest absolute Gasteiger partial charge is 0.414 e. The number of carbonyl (C=O) groups is 3. The lowest BCUT2D eigenvalue weighted by Crippen LogP contribution is -2.33. The largest absolute Gasteiger partial charge is 0.462 e. The molecule has 0 radical (unpaired) electrons. The molecule has 0 saturated heterocycles. The van der Waals surface area contributed by atoms with Gasteiger partial charge in [0.25, 0.3) is 0 Å². The molecule has 1 unspecified atom stereocenters. The van der Waals surface area contributed by atoms with Crippen molar-refractivity contribution in [2.24, 2.45) is 0 Å². The van der Waals surface area contributed by atoms with E-state index in [0.717, 1.165) is 5.57 Å². The zero-order valence-electron chi connectivity index (χ0n) is 22.2. The molecule has 1 aliphatic carbocycles. The van der Waals surface area contributed by atoms with Gasteiger partial charge < -0.3 is 14.2 Å². The minimum atomic E-state index is -4.59. The maximum Gasteiger partial charge on any atom is 0.414 e. The van der Waals surface area contributed by atoms with Gasteiger partial charge in [0, 0.05) is 25.0 Å². The fourth-order valence-electron chi connectivity index (χ4n) is 3.95. The van der Waals surface area contributed by atoms with Crippen LogP contribution in [0.5, 0.6) is 5.75 Å². The molecule has 0 spiro atoms. The van der Waals surface area contributed by atoms with Crippen LogP contribution in [0.4, 0.5) is 13.2 Å². The van der Waals surface area contributed by atoms with E-state index in [-0.39, 0.29) is 29.3 Å². The summed E-state index contributed by atoms with van der Waals surface area (Å²) < 4.78 is 55.0. The van der Waals surface area contributed by atoms with Gasteiger partial charge in [-0.25, -0.2) is 9.59 Å². The Labute approximate surface area is 231 Å². The van der Waals surface area contributed by atoms with Gasteiger partial charge in [0.15, 0.2) is 11.9 Å². The van der Waals surface area contributed by atoms with E-state index < -0.39 is 37.2 Å². The second-order valence-corrected chi connectivity index (χ2v) is 9.14. The van der Waals surface area contributed by atoms with Crippen LogP contribution in [0.1, 0.15) is 65.3 Å². The average Bonchev–Trinajstić information content (AvgIpc) is 2.92. The summed E-state index contributed by atoms with van der Waals surface area (Å²) in [5, 5.41) is 0. The van der Waals surface area contributed by atoms with Crippen molar-refractivity contribution in [1.82, 2.24) is 0 Å². The number of ether oxygens (including phenoxy) is 3. The zero-order valence-corrected chi connectivity index (χ0v) is 22.2. The van der Waals surface area contributed by atoms with Crippen molar-refractivity contribution in [2.45, 2.75) is 51.3 Å². The molecule has 212 valence electrons. The van der Waals surface area contributed by atoms with Gasteiger partial charge >= 0.3 is 18.1 Å². The van der Waals surface area contributed by atoms with E-state index in [1.165, 1.54) is 30.3 Å². The van der Waals surface area contributed by atoms with Crippen LogP contribution in [-0.2, 0) is 14.3 Å². The molecular formula is C31H31F3O6. The number of hydrogen-bond donors (Lipinski definition) is 0. The monoisotopic (exact) mass is 556 g/mol. The van der Waals surface area contributed by atoms with Crippen molar-refractivity contribution in [3.63, 3.8) is 0 Å². The Morgan fingerprint density at radius 1 is 1.02 bits per heavy atom. The van der Waals surface area contributed by atoms with Gasteiger partial charge in [-0.2, -0.15) is 13.2 Å². The topological polar surface area (TPSA) is 78.9 Å². The Balaban J connectivity index is 1.63. The molecule has 9 heteroatoms. The van der Waals surface area contributed by atoms with Crippen LogP contribution >= 0.6 is 0 Å². The van der Waals surface area contributed by atoms with Crippen molar-refractivity contribution in [2.75, 3.05) is 13.2 Å². The molecule has 3 rings (SSSR count). The molecule has 1 atom stereocenters. The third kappa shape index (κ3) is 8.51. The standard InChI is InChI=1S/C31H31F3O6/c1-3-5-18-38-28(31(32,33)34)17-19-39-30(37)25-9-6-7-10-27(25)40-29(36)23-14-12-22(13-15-23)24-16-11-21(8-4-2)20-26(24)35/h4,6-7,9-16,28H,2-3,5,8,17-20H2,1H3. The number of alkyl halides is 3. The summed E-state index contributed by atoms with van der Waals surface area (Å²) in [5.41, 5.74) is 2.22. The van der Waals surface area contributed by atoms with E-state index in [9.17, 15) is 27.6 Å². The zero-order chi connectivity index (χ0) is 29.1. The Morgan fingerprint density at radius 3 is 2.40 bits per heavy atom. The van der Waals surface area contributed by atoms with E-state index in [0.29, 0.717) is 36.8 Å². The first-order valence-electron chi connectivity index (χ1n) is 12.9. The number of para-hydroxylation sites is 1. The van der Waals surface area contributed by atoms with Crippen LogP contribution in [0.2, 0.25) is 0 Å². The third-order valence-corrected chi connectivity index (χ3v) is 6.12. The van der Waals surface area contributed by atoms with Gasteiger partial charge in [0.1, 0.15) is 11.3 Å². The summed E-state index contributed by atoms with van der Waals surface area (Å²) in [6.07, 6.45) is 0.287. The first-order valence-corrected chi connectivity index (χ1v) is 12.9. The van der Waals surface area contributed by atoms with Gasteiger partial charge in [0.2, 0.25) is 0 Å². The van der Waals surface area contributed by atoms with Crippen molar-refractivity contribution in [1.29, 1.82) is 0 Å². The number of unbranched alkanes of at least 4 members (excludes halogenated alkanes) is 1. The Bertz CT molecular complexity index is 1270. The molecule has 0 fully saturated rings. The third-order valence-electron chi connectivity index (χ3n) is 6.12. The normalized spacial score (nSPS) is 14.2. The van der Waals surface area contributed by atoms with Gasteiger partial charge in [-0.05, 0) is 42.7 Å². The molecule has 0 aliphatic heterocycles. The SMILES string of the molecule is C=CCC1=CC=C(c2ccc(C(=O)Oc3ccccc3C(=O)OCCC(OCCCC)C(F)(F)F)cc2)C(=O)C1. The molecule has 0 aromatic heterocycles. The summed E-state index contributed by atoms with van der Waals surface area (Å²) in [6.45, 7) is 4.94. The Hall–Kier alpha value is -3.98. The van der Waals surface area contributed by atoms with Crippen molar-refractivity contribution in [3.8, 4) is 5.75 Å². The number of rotatable bonds is 13. The van der Waals surface area contributed by atoms with Crippen molar-refractivity contribution >= 4 is 23.3 Å². The Kier molecular flexibility index (Phi) is 11.0. The number of allylic oxidation sites excluding steroid dienone is 5. The van der Waals surface area contributed by atoms with Gasteiger partial charge in [-0.3, -0.25) is 4.79 Å². The maximum atomic E-state index is 13.2. The van der Waals surface area contributed by atoms with Crippen LogP contribution in [-0.4, -0.2) is 43.2 Å².